The molecule has 4 nitrogen and oxygen atoms in total. The molecule has 0 bridgehead atoms. The molecule has 0 amide bonds. The highest BCUT2D eigenvalue weighted by atomic mass is 35.5. The molecular weight excluding hydrogens is 224 g/mol. The molecule has 84 valence electrons. The van der Waals surface area contributed by atoms with Crippen molar-refractivity contribution < 1.29 is 0 Å². The van der Waals surface area contributed by atoms with E-state index in [9.17, 15) is 0 Å². The van der Waals surface area contributed by atoms with Crippen molar-refractivity contribution in [2.75, 3.05) is 0 Å². The lowest BCUT2D eigenvalue weighted by Crippen LogP contribution is -2.05. The van der Waals surface area contributed by atoms with Crippen LogP contribution in [0.2, 0.25) is 5.28 Å². The summed E-state index contributed by atoms with van der Waals surface area (Å²) in [7, 11) is 0. The molecule has 0 fully saturated rings. The van der Waals surface area contributed by atoms with Crippen LogP contribution in [0.15, 0.2) is 18.3 Å². The Kier molecular flexibility index (Phi) is 3.19. The van der Waals surface area contributed by atoms with E-state index in [-0.39, 0.29) is 0 Å². The first-order valence-corrected chi connectivity index (χ1v) is 5.57. The third kappa shape index (κ3) is 2.22. The predicted molar refractivity (Wildman–Crippen MR) is 62.5 cm³/mol. The summed E-state index contributed by atoms with van der Waals surface area (Å²) in [6.07, 6.45) is 2.67. The number of hydrogen-bond donors (Lipinski definition) is 0. The third-order valence-corrected chi connectivity index (χ3v) is 2.69. The maximum absolute atomic E-state index is 5.97. The van der Waals surface area contributed by atoms with Gasteiger partial charge in [0.05, 0.1) is 6.54 Å². The summed E-state index contributed by atoms with van der Waals surface area (Å²) in [4.78, 5) is 4.25. The van der Waals surface area contributed by atoms with Gasteiger partial charge < -0.3 is 0 Å². The molecule has 0 radical (unpaired) electrons. The Balaban J connectivity index is 2.26. The number of pyridine rings is 1. The maximum Gasteiger partial charge on any atom is 0.225 e. The van der Waals surface area contributed by atoms with E-state index in [1.54, 1.807) is 0 Å². The lowest BCUT2D eigenvalue weighted by Gasteiger charge is -2.06. The molecule has 2 heterocycles. The van der Waals surface area contributed by atoms with Gasteiger partial charge in [-0.3, -0.25) is 9.55 Å². The van der Waals surface area contributed by atoms with Crippen LogP contribution >= 0.6 is 11.6 Å². The maximum atomic E-state index is 5.97. The van der Waals surface area contributed by atoms with E-state index >= 15 is 0 Å². The van der Waals surface area contributed by atoms with Crippen LogP contribution in [-0.2, 0) is 13.0 Å². The van der Waals surface area contributed by atoms with Gasteiger partial charge in [-0.25, -0.2) is 0 Å². The minimum atomic E-state index is 0.428. The van der Waals surface area contributed by atoms with Gasteiger partial charge in [-0.05, 0) is 30.2 Å². The second-order valence-corrected chi connectivity index (χ2v) is 3.97. The van der Waals surface area contributed by atoms with E-state index in [2.05, 4.69) is 15.2 Å². The van der Waals surface area contributed by atoms with Crippen LogP contribution in [0.4, 0.5) is 0 Å². The largest absolute Gasteiger partial charge is 0.297 e. The first kappa shape index (κ1) is 11.1. The van der Waals surface area contributed by atoms with Crippen molar-refractivity contribution in [1.29, 1.82) is 0 Å². The molecule has 0 N–H and O–H groups in total. The first-order chi connectivity index (χ1) is 7.70. The van der Waals surface area contributed by atoms with Gasteiger partial charge in [0, 0.05) is 18.3 Å². The van der Waals surface area contributed by atoms with Crippen LogP contribution in [0.5, 0.6) is 0 Å². The molecule has 2 aromatic heterocycles. The van der Waals surface area contributed by atoms with E-state index in [0.717, 1.165) is 23.5 Å². The number of rotatable bonds is 3. The molecule has 0 aromatic carbocycles. The Bertz CT molecular complexity index is 475. The van der Waals surface area contributed by atoms with E-state index in [4.69, 9.17) is 11.6 Å². The number of nitrogens with zero attached hydrogens (tertiary/aromatic N) is 4. The van der Waals surface area contributed by atoms with E-state index in [1.807, 2.05) is 36.7 Å². The van der Waals surface area contributed by atoms with Gasteiger partial charge in [-0.15, -0.1) is 10.2 Å². The number of aromatic nitrogens is 4. The topological polar surface area (TPSA) is 43.6 Å². The summed E-state index contributed by atoms with van der Waals surface area (Å²) in [5.41, 5.74) is 2.11. The van der Waals surface area contributed by atoms with Crippen LogP contribution in [0.3, 0.4) is 0 Å². The summed E-state index contributed by atoms with van der Waals surface area (Å²) in [6.45, 7) is 4.67. The molecule has 0 aliphatic rings. The van der Waals surface area contributed by atoms with Crippen molar-refractivity contribution in [2.24, 2.45) is 0 Å². The SMILES string of the molecule is CCc1nnc(Cl)n1Cc1ccc(C)nc1. The Morgan fingerprint density at radius 1 is 1.31 bits per heavy atom. The Labute approximate surface area is 99.3 Å². The van der Waals surface area contributed by atoms with Crippen molar-refractivity contribution in [1.82, 2.24) is 19.7 Å². The summed E-state index contributed by atoms with van der Waals surface area (Å²) in [5.74, 6) is 0.894. The van der Waals surface area contributed by atoms with Gasteiger partial charge in [0.2, 0.25) is 5.28 Å². The zero-order valence-electron chi connectivity index (χ0n) is 9.31. The monoisotopic (exact) mass is 236 g/mol. The summed E-state index contributed by atoms with van der Waals surface area (Å²) in [5, 5.41) is 8.30. The van der Waals surface area contributed by atoms with Crippen molar-refractivity contribution in [2.45, 2.75) is 26.8 Å². The molecule has 2 aromatic rings. The minimum Gasteiger partial charge on any atom is -0.297 e. The average Bonchev–Trinajstić information content (AvgIpc) is 2.63. The lowest BCUT2D eigenvalue weighted by molar-refractivity contribution is 0.730. The second kappa shape index (κ2) is 4.61. The molecule has 16 heavy (non-hydrogen) atoms. The zero-order chi connectivity index (χ0) is 11.5. The predicted octanol–water partition coefficient (Wildman–Crippen LogP) is 2.25. The van der Waals surface area contributed by atoms with Crippen LogP contribution in [-0.4, -0.2) is 19.7 Å². The molecule has 2 rings (SSSR count). The van der Waals surface area contributed by atoms with E-state index < -0.39 is 0 Å². The highest BCUT2D eigenvalue weighted by Crippen LogP contribution is 2.12. The zero-order valence-corrected chi connectivity index (χ0v) is 10.1. The normalized spacial score (nSPS) is 10.7. The van der Waals surface area contributed by atoms with Crippen LogP contribution in [0, 0.1) is 6.92 Å². The van der Waals surface area contributed by atoms with Crippen LogP contribution in [0.25, 0.3) is 0 Å². The molecule has 0 unspecified atom stereocenters. The fourth-order valence-electron chi connectivity index (χ4n) is 1.51. The Morgan fingerprint density at radius 2 is 2.12 bits per heavy atom. The van der Waals surface area contributed by atoms with Crippen LogP contribution < -0.4 is 0 Å². The number of halogens is 1. The van der Waals surface area contributed by atoms with Gasteiger partial charge in [-0.1, -0.05) is 13.0 Å². The minimum absolute atomic E-state index is 0.428. The number of hydrogen-bond acceptors (Lipinski definition) is 3. The van der Waals surface area contributed by atoms with Crippen molar-refractivity contribution in [3.05, 3.63) is 40.7 Å². The molecular formula is C11H13ClN4. The summed E-state index contributed by atoms with van der Waals surface area (Å²) < 4.78 is 1.90. The van der Waals surface area contributed by atoms with E-state index in [1.165, 1.54) is 0 Å². The third-order valence-electron chi connectivity index (χ3n) is 2.41. The fourth-order valence-corrected chi connectivity index (χ4v) is 1.70. The van der Waals surface area contributed by atoms with Gasteiger partial charge in [0.1, 0.15) is 5.82 Å². The molecule has 0 aliphatic heterocycles. The van der Waals surface area contributed by atoms with Gasteiger partial charge in [0.25, 0.3) is 0 Å². The molecule has 0 saturated heterocycles. The van der Waals surface area contributed by atoms with Gasteiger partial charge >= 0.3 is 0 Å². The summed E-state index contributed by atoms with van der Waals surface area (Å²) in [6, 6.07) is 4.03. The quantitative estimate of drug-likeness (QED) is 0.821. The molecule has 0 atom stereocenters. The molecule has 0 saturated carbocycles. The summed E-state index contributed by atoms with van der Waals surface area (Å²) >= 11 is 5.97. The van der Waals surface area contributed by atoms with Gasteiger partial charge in [0.15, 0.2) is 0 Å². The second-order valence-electron chi connectivity index (χ2n) is 3.63. The molecule has 5 heteroatoms. The first-order valence-electron chi connectivity index (χ1n) is 5.20. The van der Waals surface area contributed by atoms with Crippen LogP contribution in [0.1, 0.15) is 24.0 Å². The lowest BCUT2D eigenvalue weighted by atomic mass is 10.2. The molecule has 0 aliphatic carbocycles. The molecule has 0 spiro atoms. The van der Waals surface area contributed by atoms with Crippen molar-refractivity contribution in [3.63, 3.8) is 0 Å². The average molecular weight is 237 g/mol. The standard InChI is InChI=1S/C11H13ClN4/c1-3-10-14-15-11(12)16(10)7-9-5-4-8(2)13-6-9/h4-6H,3,7H2,1-2H3. The number of aryl methyl sites for hydroxylation is 2. The Hall–Kier alpha value is -1.42. The smallest absolute Gasteiger partial charge is 0.225 e. The van der Waals surface area contributed by atoms with Gasteiger partial charge in [-0.2, -0.15) is 0 Å². The highest BCUT2D eigenvalue weighted by Gasteiger charge is 2.08. The van der Waals surface area contributed by atoms with Crippen molar-refractivity contribution >= 4 is 11.6 Å². The van der Waals surface area contributed by atoms with E-state index in [0.29, 0.717) is 11.8 Å². The fraction of sp³-hybridized carbons (Fsp3) is 0.364. The van der Waals surface area contributed by atoms with Crippen molar-refractivity contribution in [3.8, 4) is 0 Å². The highest BCUT2D eigenvalue weighted by molar-refractivity contribution is 6.28. The Morgan fingerprint density at radius 3 is 2.75 bits per heavy atom.